The third-order valence-corrected chi connectivity index (χ3v) is 6.13. The van der Waals surface area contributed by atoms with Crippen LogP contribution >= 0.6 is 0 Å². The summed E-state index contributed by atoms with van der Waals surface area (Å²) in [5.41, 5.74) is 3.95. The van der Waals surface area contributed by atoms with Crippen molar-refractivity contribution in [2.24, 2.45) is 4.99 Å². The van der Waals surface area contributed by atoms with E-state index in [9.17, 15) is 4.79 Å². The average molecular weight is 457 g/mol. The number of fused-ring (bicyclic) bond motifs is 2. The van der Waals surface area contributed by atoms with Crippen molar-refractivity contribution >= 4 is 17.6 Å². The number of nitrogens with one attached hydrogen (secondary N) is 1. The number of methoxy groups -OCH3 is 1. The third-order valence-electron chi connectivity index (χ3n) is 6.13. The Morgan fingerprint density at radius 1 is 1.00 bits per heavy atom. The lowest BCUT2D eigenvalue weighted by atomic mass is 10.1. The van der Waals surface area contributed by atoms with Crippen LogP contribution in [0, 0.1) is 6.92 Å². The first-order valence-electron chi connectivity index (χ1n) is 11.5. The van der Waals surface area contributed by atoms with E-state index in [1.807, 2.05) is 59.5 Å². The zero-order valence-electron chi connectivity index (χ0n) is 19.5. The molecular weight excluding hydrogens is 428 g/mol. The largest absolute Gasteiger partial charge is 0.497 e. The van der Waals surface area contributed by atoms with E-state index in [1.165, 1.54) is 5.56 Å². The average Bonchev–Trinajstić information content (AvgIpc) is 3.03. The van der Waals surface area contributed by atoms with E-state index < -0.39 is 0 Å². The molecule has 0 atom stereocenters. The van der Waals surface area contributed by atoms with Crippen molar-refractivity contribution in [1.29, 1.82) is 0 Å². The van der Waals surface area contributed by atoms with Gasteiger partial charge in [-0.3, -0.25) is 0 Å². The zero-order valence-corrected chi connectivity index (χ0v) is 19.5. The number of aryl methyl sites for hydroxylation is 1. The Labute approximate surface area is 199 Å². The number of carbonyl (C=O) groups excluding carboxylic acids is 1. The maximum atomic E-state index is 12.8. The highest BCUT2D eigenvalue weighted by Crippen LogP contribution is 2.39. The number of para-hydroxylation sites is 2. The van der Waals surface area contributed by atoms with E-state index in [4.69, 9.17) is 14.5 Å². The van der Waals surface area contributed by atoms with E-state index in [2.05, 4.69) is 29.3 Å². The fraction of sp³-hybridized carbons (Fsp3) is 0.259. The molecule has 5 rings (SSSR count). The molecule has 3 aromatic carbocycles. The second-order valence-electron chi connectivity index (χ2n) is 8.49. The summed E-state index contributed by atoms with van der Waals surface area (Å²) in [4.78, 5) is 21.8. The maximum Gasteiger partial charge on any atom is 0.317 e. The number of urea groups is 1. The molecule has 2 heterocycles. The molecule has 0 aliphatic carbocycles. The molecule has 1 N–H and O–H groups in total. The van der Waals surface area contributed by atoms with Gasteiger partial charge in [0, 0.05) is 32.7 Å². The van der Waals surface area contributed by atoms with Gasteiger partial charge in [0.15, 0.2) is 5.75 Å². The molecule has 2 aliphatic heterocycles. The van der Waals surface area contributed by atoms with Crippen molar-refractivity contribution in [3.63, 3.8) is 0 Å². The second kappa shape index (κ2) is 9.47. The molecule has 0 bridgehead atoms. The minimum absolute atomic E-state index is 0.0419. The smallest absolute Gasteiger partial charge is 0.317 e. The van der Waals surface area contributed by atoms with Crippen molar-refractivity contribution in [3.05, 3.63) is 83.4 Å². The predicted molar refractivity (Wildman–Crippen MR) is 132 cm³/mol. The second-order valence-corrected chi connectivity index (χ2v) is 8.49. The standard InChI is InChI=1S/C27H28N4O3/c1-19-6-5-7-20(16-19)18-28-27(32)31-14-12-30(13-15-31)26-22-17-21(33-2)10-11-24(22)34-25-9-4-3-8-23(25)29-26/h3-11,16-17H,12-15,18H2,1-2H3,(H,28,32). The molecular formula is C27H28N4O3. The topological polar surface area (TPSA) is 66.4 Å². The molecule has 7 heteroatoms. The van der Waals surface area contributed by atoms with Gasteiger partial charge in [-0.25, -0.2) is 9.79 Å². The number of rotatable bonds is 3. The molecule has 34 heavy (non-hydrogen) atoms. The van der Waals surface area contributed by atoms with Crippen LogP contribution in [0.3, 0.4) is 0 Å². The number of hydrogen-bond acceptors (Lipinski definition) is 5. The molecule has 1 saturated heterocycles. The summed E-state index contributed by atoms with van der Waals surface area (Å²) in [6.45, 7) is 5.15. The van der Waals surface area contributed by atoms with Gasteiger partial charge in [0.25, 0.3) is 0 Å². The Bertz CT molecular complexity index is 1230. The minimum Gasteiger partial charge on any atom is -0.497 e. The number of carbonyl (C=O) groups is 1. The van der Waals surface area contributed by atoms with Gasteiger partial charge in [0.05, 0.1) is 12.7 Å². The van der Waals surface area contributed by atoms with Gasteiger partial charge in [-0.05, 0) is 42.8 Å². The number of nitrogens with zero attached hydrogens (tertiary/aromatic N) is 3. The fourth-order valence-corrected chi connectivity index (χ4v) is 4.30. The first kappa shape index (κ1) is 21.8. The molecule has 0 spiro atoms. The number of amidine groups is 1. The van der Waals surface area contributed by atoms with Crippen molar-refractivity contribution < 1.29 is 14.3 Å². The molecule has 0 saturated carbocycles. The van der Waals surface area contributed by atoms with E-state index in [1.54, 1.807) is 7.11 Å². The van der Waals surface area contributed by atoms with E-state index in [-0.39, 0.29) is 6.03 Å². The number of ether oxygens (including phenoxy) is 2. The molecule has 2 aliphatic rings. The van der Waals surface area contributed by atoms with Gasteiger partial charge in [0.2, 0.25) is 0 Å². The molecule has 7 nitrogen and oxygen atoms in total. The van der Waals surface area contributed by atoms with Crippen LogP contribution in [-0.4, -0.2) is 55.0 Å². The highest BCUT2D eigenvalue weighted by molar-refractivity contribution is 6.04. The first-order valence-corrected chi connectivity index (χ1v) is 11.5. The molecule has 0 aromatic heterocycles. The van der Waals surface area contributed by atoms with Crippen LogP contribution in [0.4, 0.5) is 10.5 Å². The summed E-state index contributed by atoms with van der Waals surface area (Å²) in [7, 11) is 1.65. The SMILES string of the molecule is COc1ccc2c(c1)C(N1CCN(C(=O)NCc3cccc(C)c3)CC1)=Nc1ccccc1O2. The lowest BCUT2D eigenvalue weighted by molar-refractivity contribution is 0.169. The lowest BCUT2D eigenvalue weighted by Gasteiger charge is -2.36. The highest BCUT2D eigenvalue weighted by atomic mass is 16.5. The van der Waals surface area contributed by atoms with Gasteiger partial charge in [-0.1, -0.05) is 42.0 Å². The number of amides is 2. The minimum atomic E-state index is -0.0419. The van der Waals surface area contributed by atoms with Crippen LogP contribution in [0.15, 0.2) is 71.7 Å². The summed E-state index contributed by atoms with van der Waals surface area (Å²) in [6, 6.07) is 21.7. The third kappa shape index (κ3) is 4.55. The molecule has 3 aromatic rings. The van der Waals surface area contributed by atoms with E-state index >= 15 is 0 Å². The van der Waals surface area contributed by atoms with Gasteiger partial charge in [-0.15, -0.1) is 0 Å². The normalized spacial score (nSPS) is 14.8. The number of benzene rings is 3. The van der Waals surface area contributed by atoms with Crippen molar-refractivity contribution in [1.82, 2.24) is 15.1 Å². The number of piperazine rings is 1. The van der Waals surface area contributed by atoms with E-state index in [0.717, 1.165) is 39.9 Å². The van der Waals surface area contributed by atoms with Crippen LogP contribution in [-0.2, 0) is 6.54 Å². The molecule has 174 valence electrons. The van der Waals surface area contributed by atoms with Crippen LogP contribution in [0.1, 0.15) is 16.7 Å². The Balaban J connectivity index is 1.32. The van der Waals surface area contributed by atoms with Crippen LogP contribution < -0.4 is 14.8 Å². The number of hydrogen-bond donors (Lipinski definition) is 1. The molecule has 0 radical (unpaired) electrons. The Morgan fingerprint density at radius 3 is 2.62 bits per heavy atom. The van der Waals surface area contributed by atoms with Crippen molar-refractivity contribution in [2.45, 2.75) is 13.5 Å². The summed E-state index contributed by atoms with van der Waals surface area (Å²) in [5.74, 6) is 3.04. The first-order chi connectivity index (χ1) is 16.6. The summed E-state index contributed by atoms with van der Waals surface area (Å²) in [6.07, 6.45) is 0. The van der Waals surface area contributed by atoms with Gasteiger partial charge in [0.1, 0.15) is 23.0 Å². The van der Waals surface area contributed by atoms with Crippen LogP contribution in [0.5, 0.6) is 17.2 Å². The van der Waals surface area contributed by atoms with Gasteiger partial charge >= 0.3 is 6.03 Å². The van der Waals surface area contributed by atoms with Gasteiger partial charge < -0.3 is 24.6 Å². The van der Waals surface area contributed by atoms with Crippen LogP contribution in [0.25, 0.3) is 0 Å². The molecule has 1 fully saturated rings. The van der Waals surface area contributed by atoms with Crippen molar-refractivity contribution in [2.75, 3.05) is 33.3 Å². The summed E-state index contributed by atoms with van der Waals surface area (Å²) < 4.78 is 11.7. The molecule has 0 unspecified atom stereocenters. The maximum absolute atomic E-state index is 12.8. The monoisotopic (exact) mass is 456 g/mol. The zero-order chi connectivity index (χ0) is 23.5. The lowest BCUT2D eigenvalue weighted by Crippen LogP contribution is -2.53. The fourth-order valence-electron chi connectivity index (χ4n) is 4.30. The van der Waals surface area contributed by atoms with Crippen molar-refractivity contribution in [3.8, 4) is 17.2 Å². The Morgan fingerprint density at radius 2 is 1.82 bits per heavy atom. The number of aliphatic imine (C=N–C) groups is 1. The van der Waals surface area contributed by atoms with Gasteiger partial charge in [-0.2, -0.15) is 0 Å². The predicted octanol–water partition coefficient (Wildman–Crippen LogP) is 4.72. The Hall–Kier alpha value is -4.00. The summed E-state index contributed by atoms with van der Waals surface area (Å²) in [5, 5.41) is 3.05. The van der Waals surface area contributed by atoms with E-state index in [0.29, 0.717) is 32.7 Å². The Kier molecular flexibility index (Phi) is 6.08. The van der Waals surface area contributed by atoms with Crippen LogP contribution in [0.2, 0.25) is 0 Å². The highest BCUT2D eigenvalue weighted by Gasteiger charge is 2.28. The molecule has 2 amide bonds. The quantitative estimate of drug-likeness (QED) is 0.620. The summed E-state index contributed by atoms with van der Waals surface area (Å²) >= 11 is 0.